The molecule has 0 spiro atoms. The minimum Gasteiger partial charge on any atom is -0.327 e. The van der Waals surface area contributed by atoms with E-state index in [1.165, 1.54) is 11.3 Å². The van der Waals surface area contributed by atoms with Crippen molar-refractivity contribution >= 4 is 33.8 Å². The van der Waals surface area contributed by atoms with E-state index in [0.717, 1.165) is 16.2 Å². The van der Waals surface area contributed by atoms with Gasteiger partial charge in [0.1, 0.15) is 0 Å². The van der Waals surface area contributed by atoms with Crippen LogP contribution >= 0.6 is 23.7 Å². The average Bonchev–Trinajstić information content (AvgIpc) is 2.62. The van der Waals surface area contributed by atoms with Crippen LogP contribution < -0.4 is 5.73 Å². The van der Waals surface area contributed by atoms with E-state index >= 15 is 0 Å². The summed E-state index contributed by atoms with van der Waals surface area (Å²) in [5, 5.41) is 0. The van der Waals surface area contributed by atoms with Gasteiger partial charge in [0.15, 0.2) is 0 Å². The van der Waals surface area contributed by atoms with Crippen LogP contribution in [0, 0.1) is 19.8 Å². The molecule has 2 unspecified atom stereocenters. The molecule has 1 aromatic heterocycles. The molecule has 1 aliphatic heterocycles. The summed E-state index contributed by atoms with van der Waals surface area (Å²) in [6.45, 7) is 6.87. The fourth-order valence-corrected chi connectivity index (χ4v) is 5.43. The smallest absolute Gasteiger partial charge is 0.244 e. The Balaban J connectivity index is 0.00000180. The van der Waals surface area contributed by atoms with Crippen LogP contribution in [0.25, 0.3) is 0 Å². The topological polar surface area (TPSA) is 63.4 Å². The number of rotatable bonds is 2. The summed E-state index contributed by atoms with van der Waals surface area (Å²) in [5.41, 5.74) is 5.94. The van der Waals surface area contributed by atoms with Crippen LogP contribution in [0.3, 0.4) is 0 Å². The maximum atomic E-state index is 12.6. The predicted octanol–water partition coefficient (Wildman–Crippen LogP) is 2.14. The molecule has 0 saturated carbocycles. The molecular weight excluding hydrogens is 304 g/mol. The van der Waals surface area contributed by atoms with Crippen molar-refractivity contribution in [2.45, 2.75) is 38.1 Å². The Morgan fingerprint density at radius 2 is 2.05 bits per heavy atom. The number of halogens is 1. The van der Waals surface area contributed by atoms with E-state index in [4.69, 9.17) is 5.73 Å². The number of nitrogens with zero attached hydrogens (tertiary/aromatic N) is 1. The molecule has 0 bridgehead atoms. The van der Waals surface area contributed by atoms with Crippen LogP contribution in [0.15, 0.2) is 11.0 Å². The van der Waals surface area contributed by atoms with Gasteiger partial charge in [-0.1, -0.05) is 6.92 Å². The number of thiophene rings is 1. The molecule has 2 N–H and O–H groups in total. The van der Waals surface area contributed by atoms with Crippen molar-refractivity contribution in [3.8, 4) is 0 Å². The number of piperidine rings is 1. The van der Waals surface area contributed by atoms with Crippen LogP contribution in [0.1, 0.15) is 23.1 Å². The zero-order valence-electron chi connectivity index (χ0n) is 11.4. The number of nitrogens with two attached hydrogens (primary N) is 1. The highest BCUT2D eigenvalue weighted by molar-refractivity contribution is 7.89. The fourth-order valence-electron chi connectivity index (χ4n) is 2.35. The van der Waals surface area contributed by atoms with E-state index in [1.807, 2.05) is 20.8 Å². The minimum atomic E-state index is -3.34. The molecule has 19 heavy (non-hydrogen) atoms. The second kappa shape index (κ2) is 6.10. The van der Waals surface area contributed by atoms with Crippen molar-refractivity contribution in [3.05, 3.63) is 15.8 Å². The van der Waals surface area contributed by atoms with E-state index in [-0.39, 0.29) is 24.4 Å². The van der Waals surface area contributed by atoms with Crippen molar-refractivity contribution < 1.29 is 8.42 Å². The summed E-state index contributed by atoms with van der Waals surface area (Å²) in [6.07, 6.45) is 0.739. The lowest BCUT2D eigenvalue weighted by Gasteiger charge is -2.34. The quantitative estimate of drug-likeness (QED) is 0.906. The summed E-state index contributed by atoms with van der Waals surface area (Å²) in [4.78, 5) is 2.37. The number of hydrogen-bond acceptors (Lipinski definition) is 4. The third-order valence-electron chi connectivity index (χ3n) is 3.55. The summed E-state index contributed by atoms with van der Waals surface area (Å²) < 4.78 is 26.7. The Labute approximate surface area is 125 Å². The van der Waals surface area contributed by atoms with Crippen molar-refractivity contribution in [2.75, 3.05) is 13.1 Å². The Bertz CT molecular complexity index is 542. The van der Waals surface area contributed by atoms with Crippen LogP contribution in [0.2, 0.25) is 0 Å². The van der Waals surface area contributed by atoms with E-state index in [2.05, 4.69) is 0 Å². The molecule has 110 valence electrons. The van der Waals surface area contributed by atoms with Gasteiger partial charge < -0.3 is 5.73 Å². The molecule has 0 aliphatic carbocycles. The highest BCUT2D eigenvalue weighted by atomic mass is 35.5. The summed E-state index contributed by atoms with van der Waals surface area (Å²) in [6, 6.07) is 1.89. The minimum absolute atomic E-state index is 0. The first-order valence-corrected chi connectivity index (χ1v) is 8.41. The molecule has 1 aromatic rings. The number of aryl methyl sites for hydroxylation is 2. The molecule has 4 nitrogen and oxygen atoms in total. The van der Waals surface area contributed by atoms with Gasteiger partial charge in [0.25, 0.3) is 0 Å². The molecule has 7 heteroatoms. The maximum absolute atomic E-state index is 12.6. The molecule has 0 amide bonds. The molecule has 1 fully saturated rings. The normalized spacial score (nSPS) is 25.1. The first kappa shape index (κ1) is 16.9. The van der Waals surface area contributed by atoms with Crippen LogP contribution in [-0.2, 0) is 10.0 Å². The third-order valence-corrected chi connectivity index (χ3v) is 6.63. The third kappa shape index (κ3) is 3.31. The van der Waals surface area contributed by atoms with Gasteiger partial charge in [-0.2, -0.15) is 4.31 Å². The molecule has 2 atom stereocenters. The summed E-state index contributed by atoms with van der Waals surface area (Å²) in [7, 11) is -3.34. The van der Waals surface area contributed by atoms with Gasteiger partial charge in [-0.3, -0.25) is 0 Å². The molecule has 0 aromatic carbocycles. The average molecular weight is 325 g/mol. The maximum Gasteiger partial charge on any atom is 0.244 e. The zero-order valence-corrected chi connectivity index (χ0v) is 13.9. The van der Waals surface area contributed by atoms with Crippen LogP contribution in [0.4, 0.5) is 0 Å². The molecule has 2 rings (SSSR count). The molecule has 1 saturated heterocycles. The molecular formula is C12H21ClN2O2S2. The zero-order chi connectivity index (χ0) is 13.5. The monoisotopic (exact) mass is 324 g/mol. The standard InChI is InChI=1S/C12H20N2O2S2.ClH/c1-8-7-14(5-4-11(8)13)18(15,16)12-6-9(2)17-10(12)3;/h6,8,11H,4-5,7,13H2,1-3H3;1H. The van der Waals surface area contributed by atoms with Gasteiger partial charge in [-0.15, -0.1) is 23.7 Å². The Morgan fingerprint density at radius 3 is 2.53 bits per heavy atom. The largest absolute Gasteiger partial charge is 0.327 e. The lowest BCUT2D eigenvalue weighted by Crippen LogP contribution is -2.48. The molecule has 2 heterocycles. The summed E-state index contributed by atoms with van der Waals surface area (Å²) in [5.74, 6) is 0.216. The van der Waals surface area contributed by atoms with E-state index in [0.29, 0.717) is 18.0 Å². The Hall–Kier alpha value is -0.140. The second-order valence-electron chi connectivity index (χ2n) is 5.07. The van der Waals surface area contributed by atoms with E-state index in [1.54, 1.807) is 10.4 Å². The van der Waals surface area contributed by atoms with Gasteiger partial charge in [-0.05, 0) is 32.3 Å². The van der Waals surface area contributed by atoms with E-state index < -0.39 is 10.0 Å². The fraction of sp³-hybridized carbons (Fsp3) is 0.667. The number of sulfonamides is 1. The van der Waals surface area contributed by atoms with Gasteiger partial charge in [0.05, 0.1) is 4.90 Å². The van der Waals surface area contributed by atoms with Crippen LogP contribution in [0.5, 0.6) is 0 Å². The predicted molar refractivity (Wildman–Crippen MR) is 81.6 cm³/mol. The Morgan fingerprint density at radius 1 is 1.42 bits per heavy atom. The van der Waals surface area contributed by atoms with Gasteiger partial charge in [0.2, 0.25) is 10.0 Å². The molecule has 0 radical (unpaired) electrons. The highest BCUT2D eigenvalue weighted by Gasteiger charge is 2.33. The highest BCUT2D eigenvalue weighted by Crippen LogP contribution is 2.29. The first-order valence-electron chi connectivity index (χ1n) is 6.15. The first-order chi connectivity index (χ1) is 8.32. The van der Waals surface area contributed by atoms with Crippen LogP contribution in [-0.4, -0.2) is 31.9 Å². The van der Waals surface area contributed by atoms with Crippen molar-refractivity contribution in [1.82, 2.24) is 4.31 Å². The number of hydrogen-bond donors (Lipinski definition) is 1. The van der Waals surface area contributed by atoms with Crippen molar-refractivity contribution in [2.24, 2.45) is 11.7 Å². The second-order valence-corrected chi connectivity index (χ2v) is 8.44. The van der Waals surface area contributed by atoms with E-state index in [9.17, 15) is 8.42 Å². The van der Waals surface area contributed by atoms with Gasteiger partial charge in [-0.25, -0.2) is 8.42 Å². The van der Waals surface area contributed by atoms with Crippen molar-refractivity contribution in [3.63, 3.8) is 0 Å². The van der Waals surface area contributed by atoms with Crippen molar-refractivity contribution in [1.29, 1.82) is 0 Å². The summed E-state index contributed by atoms with van der Waals surface area (Å²) >= 11 is 1.53. The Kier molecular flexibility index (Phi) is 5.43. The lowest BCUT2D eigenvalue weighted by molar-refractivity contribution is 0.250. The molecule has 1 aliphatic rings. The SMILES string of the molecule is Cc1cc(S(=O)(=O)N2CCC(N)C(C)C2)c(C)s1.Cl. The lowest BCUT2D eigenvalue weighted by atomic mass is 9.96. The van der Waals surface area contributed by atoms with Gasteiger partial charge >= 0.3 is 0 Å². The van der Waals surface area contributed by atoms with Gasteiger partial charge in [0, 0.05) is 28.9 Å².